The van der Waals surface area contributed by atoms with Crippen LogP contribution < -0.4 is 10.2 Å². The summed E-state index contributed by atoms with van der Waals surface area (Å²) in [4.78, 5) is 22.2. The molecule has 4 heterocycles. The highest BCUT2D eigenvalue weighted by molar-refractivity contribution is 5.59. The third kappa shape index (κ3) is 4.70. The van der Waals surface area contributed by atoms with Crippen molar-refractivity contribution in [3.05, 3.63) is 47.9 Å². The van der Waals surface area contributed by atoms with Gasteiger partial charge < -0.3 is 20.4 Å². The van der Waals surface area contributed by atoms with Crippen LogP contribution in [0.15, 0.2) is 36.5 Å². The van der Waals surface area contributed by atoms with Crippen molar-refractivity contribution in [2.75, 3.05) is 23.3 Å². The number of hydrogen-bond acceptors (Lipinski definition) is 9. The summed E-state index contributed by atoms with van der Waals surface area (Å²) in [6, 6.07) is 7.46. The molecule has 1 saturated heterocycles. The van der Waals surface area contributed by atoms with E-state index < -0.39 is 24.1 Å². The van der Waals surface area contributed by atoms with Gasteiger partial charge in [-0.15, -0.1) is 0 Å². The molecule has 0 aromatic carbocycles. The van der Waals surface area contributed by atoms with Crippen LogP contribution in [0.1, 0.15) is 11.4 Å². The summed E-state index contributed by atoms with van der Waals surface area (Å²) in [5, 5.41) is 22.5. The van der Waals surface area contributed by atoms with E-state index in [1.165, 1.54) is 6.07 Å². The van der Waals surface area contributed by atoms with E-state index in [1.54, 1.807) is 30.0 Å². The zero-order chi connectivity index (χ0) is 22.2. The lowest BCUT2D eigenvalue weighted by Crippen LogP contribution is -2.24. The first-order valence-corrected chi connectivity index (χ1v) is 9.30. The minimum atomic E-state index is -4.60. The van der Waals surface area contributed by atoms with Crippen LogP contribution in [-0.4, -0.2) is 60.4 Å². The number of β-amino-alcohol motifs (C(OH)–C–C–N with tert-alkyl or cyclic N) is 2. The van der Waals surface area contributed by atoms with E-state index in [4.69, 9.17) is 0 Å². The summed E-state index contributed by atoms with van der Waals surface area (Å²) in [5.41, 5.74) is 0.199. The fourth-order valence-corrected chi connectivity index (χ4v) is 3.07. The highest BCUT2D eigenvalue weighted by Gasteiger charge is 2.33. The van der Waals surface area contributed by atoms with Gasteiger partial charge in [-0.05, 0) is 31.2 Å². The average Bonchev–Trinajstić information content (AvgIpc) is 3.06. The Kier molecular flexibility index (Phi) is 5.41. The molecule has 162 valence electrons. The van der Waals surface area contributed by atoms with E-state index >= 15 is 0 Å². The Morgan fingerprint density at radius 2 is 1.77 bits per heavy atom. The quantitative estimate of drug-likeness (QED) is 0.567. The lowest BCUT2D eigenvalue weighted by Gasteiger charge is -2.17. The second-order valence-electron chi connectivity index (χ2n) is 7.04. The van der Waals surface area contributed by atoms with Gasteiger partial charge in [0, 0.05) is 30.7 Å². The second-order valence-corrected chi connectivity index (χ2v) is 7.04. The predicted octanol–water partition coefficient (Wildman–Crippen LogP) is 1.94. The molecule has 9 nitrogen and oxygen atoms in total. The maximum Gasteiger partial charge on any atom is 0.433 e. The standard InChI is InChI=1S/C19H18F3N7O2/c1-10-3-2-4-12(24-10)16-26-17(25-11-5-6-23-15(7-11)19(20,21)22)28-18(27-16)29-8-13(30)14(31)9-29/h2-7,13-14,30-31H,8-9H2,1H3,(H,23,25,26,27,28)/t13-,14-/m1/s1. The van der Waals surface area contributed by atoms with Crippen LogP contribution in [0.5, 0.6) is 0 Å². The maximum atomic E-state index is 13.0. The van der Waals surface area contributed by atoms with E-state index in [1.807, 2.05) is 0 Å². The third-order valence-electron chi connectivity index (χ3n) is 4.59. The highest BCUT2D eigenvalue weighted by Crippen LogP contribution is 2.30. The van der Waals surface area contributed by atoms with Crippen molar-refractivity contribution >= 4 is 17.6 Å². The number of alkyl halides is 3. The lowest BCUT2D eigenvalue weighted by atomic mass is 10.3. The molecule has 0 unspecified atom stereocenters. The van der Waals surface area contributed by atoms with Gasteiger partial charge in [0.1, 0.15) is 11.4 Å². The summed E-state index contributed by atoms with van der Waals surface area (Å²) < 4.78 is 38.9. The summed E-state index contributed by atoms with van der Waals surface area (Å²) in [6.45, 7) is 1.99. The second kappa shape index (κ2) is 8.04. The smallest absolute Gasteiger partial charge is 0.388 e. The monoisotopic (exact) mass is 433 g/mol. The van der Waals surface area contributed by atoms with Gasteiger partial charge in [0.25, 0.3) is 0 Å². The van der Waals surface area contributed by atoms with Crippen molar-refractivity contribution in [2.24, 2.45) is 0 Å². The van der Waals surface area contributed by atoms with Crippen LogP contribution in [0.2, 0.25) is 0 Å². The number of pyridine rings is 2. The minimum absolute atomic E-state index is 0.0153. The summed E-state index contributed by atoms with van der Waals surface area (Å²) in [7, 11) is 0. The molecule has 3 aromatic heterocycles. The van der Waals surface area contributed by atoms with Gasteiger partial charge in [0.15, 0.2) is 5.82 Å². The van der Waals surface area contributed by atoms with Crippen molar-refractivity contribution in [3.8, 4) is 11.5 Å². The van der Waals surface area contributed by atoms with Crippen LogP contribution in [-0.2, 0) is 6.18 Å². The molecule has 0 amide bonds. The molecule has 31 heavy (non-hydrogen) atoms. The molecule has 1 aliphatic rings. The molecule has 0 spiro atoms. The molecule has 1 fully saturated rings. The Balaban J connectivity index is 1.73. The summed E-state index contributed by atoms with van der Waals surface area (Å²) >= 11 is 0. The first kappa shape index (κ1) is 20.9. The molecule has 3 N–H and O–H groups in total. The normalized spacial score (nSPS) is 19.0. The number of aliphatic hydroxyl groups excluding tert-OH is 2. The molecule has 0 radical (unpaired) electrons. The maximum absolute atomic E-state index is 13.0. The molecule has 3 aromatic rings. The van der Waals surface area contributed by atoms with Gasteiger partial charge in [0.05, 0.1) is 12.2 Å². The fraction of sp³-hybridized carbons (Fsp3) is 0.316. The van der Waals surface area contributed by atoms with Crippen LogP contribution in [0.25, 0.3) is 11.5 Å². The number of anilines is 3. The number of hydrogen-bond donors (Lipinski definition) is 3. The first-order valence-electron chi connectivity index (χ1n) is 9.30. The molecule has 4 rings (SSSR count). The molecule has 2 atom stereocenters. The van der Waals surface area contributed by atoms with Crippen molar-refractivity contribution in [3.63, 3.8) is 0 Å². The summed E-state index contributed by atoms with van der Waals surface area (Å²) in [6.07, 6.45) is -5.50. The Morgan fingerprint density at radius 1 is 1.03 bits per heavy atom. The van der Waals surface area contributed by atoms with Crippen molar-refractivity contribution < 1.29 is 23.4 Å². The van der Waals surface area contributed by atoms with Crippen molar-refractivity contribution in [1.29, 1.82) is 0 Å². The zero-order valence-corrected chi connectivity index (χ0v) is 16.2. The molecule has 12 heteroatoms. The van der Waals surface area contributed by atoms with Crippen LogP contribution in [0.3, 0.4) is 0 Å². The molecular formula is C19H18F3N7O2. The van der Waals surface area contributed by atoms with E-state index in [2.05, 4.69) is 30.2 Å². The van der Waals surface area contributed by atoms with Gasteiger partial charge in [-0.1, -0.05) is 6.07 Å². The van der Waals surface area contributed by atoms with Gasteiger partial charge in [-0.3, -0.25) is 4.98 Å². The largest absolute Gasteiger partial charge is 0.433 e. The highest BCUT2D eigenvalue weighted by atomic mass is 19.4. The lowest BCUT2D eigenvalue weighted by molar-refractivity contribution is -0.141. The van der Waals surface area contributed by atoms with Gasteiger partial charge >= 0.3 is 6.18 Å². The molecule has 0 saturated carbocycles. The first-order chi connectivity index (χ1) is 14.7. The molecular weight excluding hydrogens is 415 g/mol. The number of nitrogens with one attached hydrogen (secondary N) is 1. The van der Waals surface area contributed by atoms with Gasteiger partial charge in [0.2, 0.25) is 11.9 Å². The van der Waals surface area contributed by atoms with Gasteiger partial charge in [-0.25, -0.2) is 4.98 Å². The van der Waals surface area contributed by atoms with E-state index in [-0.39, 0.29) is 36.5 Å². The Morgan fingerprint density at radius 3 is 2.45 bits per heavy atom. The Hall–Kier alpha value is -3.38. The minimum Gasteiger partial charge on any atom is -0.388 e. The third-order valence-corrected chi connectivity index (χ3v) is 4.59. The van der Waals surface area contributed by atoms with Crippen LogP contribution >= 0.6 is 0 Å². The Labute approximate surface area is 174 Å². The zero-order valence-electron chi connectivity index (χ0n) is 16.2. The van der Waals surface area contributed by atoms with Crippen LogP contribution in [0.4, 0.5) is 30.8 Å². The number of nitrogens with zero attached hydrogens (tertiary/aromatic N) is 6. The van der Waals surface area contributed by atoms with Gasteiger partial charge in [-0.2, -0.15) is 28.1 Å². The molecule has 1 aliphatic heterocycles. The molecule has 0 bridgehead atoms. The van der Waals surface area contributed by atoms with Crippen molar-refractivity contribution in [2.45, 2.75) is 25.3 Å². The number of aromatic nitrogens is 5. The van der Waals surface area contributed by atoms with E-state index in [0.29, 0.717) is 5.69 Å². The summed E-state index contributed by atoms with van der Waals surface area (Å²) in [5.74, 6) is 0.326. The average molecular weight is 433 g/mol. The van der Waals surface area contributed by atoms with E-state index in [9.17, 15) is 23.4 Å². The Bertz CT molecular complexity index is 1090. The number of aryl methyl sites for hydroxylation is 1. The molecule has 0 aliphatic carbocycles. The number of rotatable bonds is 4. The predicted molar refractivity (Wildman–Crippen MR) is 105 cm³/mol. The number of halogens is 3. The van der Waals surface area contributed by atoms with Crippen LogP contribution in [0, 0.1) is 6.92 Å². The fourth-order valence-electron chi connectivity index (χ4n) is 3.07. The van der Waals surface area contributed by atoms with E-state index in [0.717, 1.165) is 18.0 Å². The SMILES string of the molecule is Cc1cccc(-c2nc(Nc3ccnc(C(F)(F)F)c3)nc(N3C[C@@H](O)[C@H](O)C3)n2)n1. The topological polar surface area (TPSA) is 120 Å². The van der Waals surface area contributed by atoms with Crippen molar-refractivity contribution in [1.82, 2.24) is 24.9 Å². The number of aliphatic hydroxyl groups is 2.